The van der Waals surface area contributed by atoms with Crippen LogP contribution in [0.1, 0.15) is 0 Å². The first-order chi connectivity index (χ1) is 6.98. The van der Waals surface area contributed by atoms with Gasteiger partial charge in [-0.3, -0.25) is 0 Å². The first kappa shape index (κ1) is 12.4. The van der Waals surface area contributed by atoms with Gasteiger partial charge < -0.3 is 4.43 Å². The summed E-state index contributed by atoms with van der Waals surface area (Å²) in [5, 5.41) is 1.35. The SMILES string of the molecule is C=C[Si](OC)(c1ccccc1)[Si](C)(C)C. The van der Waals surface area contributed by atoms with Crippen LogP contribution in [-0.2, 0) is 4.43 Å². The molecule has 1 atom stereocenters. The highest BCUT2D eigenvalue weighted by molar-refractivity contribution is 7.45. The fourth-order valence-corrected chi connectivity index (χ4v) is 12.2. The minimum Gasteiger partial charge on any atom is -0.414 e. The normalized spacial score (nSPS) is 15.7. The Balaban J connectivity index is 3.30. The quantitative estimate of drug-likeness (QED) is 0.730. The standard InChI is InChI=1S/C12H20OSi2/c1-6-15(13-2,14(3,4)5)12-10-8-7-9-11-12/h6-11H,1H2,2-5H3. The highest BCUT2D eigenvalue weighted by Gasteiger charge is 2.46. The van der Waals surface area contributed by atoms with E-state index in [-0.39, 0.29) is 0 Å². The van der Waals surface area contributed by atoms with Gasteiger partial charge in [0, 0.05) is 7.11 Å². The van der Waals surface area contributed by atoms with Crippen LogP contribution in [0.15, 0.2) is 42.6 Å². The maximum Gasteiger partial charge on any atom is 0.231 e. The van der Waals surface area contributed by atoms with Gasteiger partial charge in [-0.15, -0.1) is 6.58 Å². The second-order valence-corrected chi connectivity index (χ2v) is 18.9. The van der Waals surface area contributed by atoms with Gasteiger partial charge in [0.15, 0.2) is 0 Å². The van der Waals surface area contributed by atoms with E-state index in [1.54, 1.807) is 0 Å². The molecule has 0 N–H and O–H groups in total. The number of hydrogen-bond donors (Lipinski definition) is 0. The molecule has 0 fully saturated rings. The first-order valence-corrected chi connectivity index (χ1v) is 11.7. The Morgan fingerprint density at radius 3 is 2.00 bits per heavy atom. The van der Waals surface area contributed by atoms with E-state index < -0.39 is 15.4 Å². The molecule has 0 heterocycles. The molecule has 82 valence electrons. The summed E-state index contributed by atoms with van der Waals surface area (Å²) >= 11 is 0. The fourth-order valence-electron chi connectivity index (χ4n) is 2.05. The Labute approximate surface area is 94.7 Å². The summed E-state index contributed by atoms with van der Waals surface area (Å²) in [6.07, 6.45) is 0. The van der Waals surface area contributed by atoms with Crippen molar-refractivity contribution in [1.82, 2.24) is 0 Å². The maximum atomic E-state index is 5.92. The summed E-state index contributed by atoms with van der Waals surface area (Å²) in [7, 11) is -1.46. The molecule has 0 radical (unpaired) electrons. The molecule has 0 spiro atoms. The summed E-state index contributed by atoms with van der Waals surface area (Å²) in [5.74, 6) is 0. The lowest BCUT2D eigenvalue weighted by Gasteiger charge is -2.37. The van der Waals surface area contributed by atoms with Crippen molar-refractivity contribution in [3.05, 3.63) is 42.6 Å². The van der Waals surface area contributed by atoms with Gasteiger partial charge in [0.05, 0.1) is 7.59 Å². The zero-order valence-corrected chi connectivity index (χ0v) is 12.1. The van der Waals surface area contributed by atoms with Gasteiger partial charge in [0.1, 0.15) is 0 Å². The third-order valence-electron chi connectivity index (χ3n) is 2.93. The van der Waals surface area contributed by atoms with E-state index in [1.165, 1.54) is 5.19 Å². The van der Waals surface area contributed by atoms with Crippen molar-refractivity contribution in [3.63, 3.8) is 0 Å². The minimum absolute atomic E-state index is 1.35. The molecule has 0 amide bonds. The van der Waals surface area contributed by atoms with Crippen molar-refractivity contribution in [2.75, 3.05) is 7.11 Å². The lowest BCUT2D eigenvalue weighted by molar-refractivity contribution is 0.428. The molecule has 0 aromatic heterocycles. The van der Waals surface area contributed by atoms with Crippen LogP contribution in [0.4, 0.5) is 0 Å². The van der Waals surface area contributed by atoms with E-state index in [2.05, 4.69) is 56.2 Å². The van der Waals surface area contributed by atoms with Crippen LogP contribution >= 0.6 is 0 Å². The smallest absolute Gasteiger partial charge is 0.231 e. The van der Waals surface area contributed by atoms with Gasteiger partial charge in [0.25, 0.3) is 0 Å². The van der Waals surface area contributed by atoms with Crippen LogP contribution in [0.2, 0.25) is 19.6 Å². The third-order valence-corrected chi connectivity index (χ3v) is 16.3. The molecule has 0 bridgehead atoms. The fraction of sp³-hybridized carbons (Fsp3) is 0.333. The lowest BCUT2D eigenvalue weighted by atomic mass is 10.4. The molecule has 15 heavy (non-hydrogen) atoms. The van der Waals surface area contributed by atoms with Gasteiger partial charge in [-0.1, -0.05) is 55.7 Å². The van der Waals surface area contributed by atoms with E-state index in [0.717, 1.165) is 0 Å². The van der Waals surface area contributed by atoms with Crippen molar-refractivity contribution in [3.8, 4) is 0 Å². The summed E-state index contributed by atoms with van der Waals surface area (Å²) in [6, 6.07) is 10.6. The largest absolute Gasteiger partial charge is 0.414 e. The van der Waals surface area contributed by atoms with E-state index >= 15 is 0 Å². The van der Waals surface area contributed by atoms with Crippen molar-refractivity contribution in [2.24, 2.45) is 0 Å². The first-order valence-electron chi connectivity index (χ1n) is 5.22. The Morgan fingerprint density at radius 2 is 1.67 bits per heavy atom. The van der Waals surface area contributed by atoms with E-state index in [0.29, 0.717) is 0 Å². The lowest BCUT2D eigenvalue weighted by Crippen LogP contribution is -2.66. The maximum absolute atomic E-state index is 5.92. The summed E-state index contributed by atoms with van der Waals surface area (Å²) in [5.41, 5.74) is 2.09. The molecule has 0 aliphatic rings. The third kappa shape index (κ3) is 2.14. The van der Waals surface area contributed by atoms with Gasteiger partial charge in [-0.25, -0.2) is 0 Å². The molecule has 3 heteroatoms. The second-order valence-electron chi connectivity index (χ2n) is 4.76. The molecule has 1 aromatic carbocycles. The summed E-state index contributed by atoms with van der Waals surface area (Å²) < 4.78 is 5.92. The minimum atomic E-state index is -1.92. The monoisotopic (exact) mass is 236 g/mol. The molecule has 1 unspecified atom stereocenters. The van der Waals surface area contributed by atoms with Crippen LogP contribution in [0.5, 0.6) is 0 Å². The molecular formula is C12H20OSi2. The highest BCUT2D eigenvalue weighted by atomic mass is 29.3. The van der Waals surface area contributed by atoms with Gasteiger partial charge >= 0.3 is 0 Å². The molecular weight excluding hydrogens is 216 g/mol. The Hall–Kier alpha value is -0.646. The van der Waals surface area contributed by atoms with Gasteiger partial charge in [-0.05, 0) is 5.19 Å². The van der Waals surface area contributed by atoms with Crippen molar-refractivity contribution < 1.29 is 4.43 Å². The number of benzene rings is 1. The van der Waals surface area contributed by atoms with E-state index in [4.69, 9.17) is 4.43 Å². The van der Waals surface area contributed by atoms with Crippen LogP contribution in [-0.4, -0.2) is 22.5 Å². The van der Waals surface area contributed by atoms with Crippen molar-refractivity contribution in [1.29, 1.82) is 0 Å². The number of hydrogen-bond acceptors (Lipinski definition) is 1. The average Bonchev–Trinajstić information content (AvgIpc) is 2.20. The van der Waals surface area contributed by atoms with Gasteiger partial charge in [-0.2, -0.15) is 0 Å². The van der Waals surface area contributed by atoms with Crippen LogP contribution in [0.3, 0.4) is 0 Å². The molecule has 0 saturated carbocycles. The Bertz CT molecular complexity index is 329. The molecule has 0 saturated heterocycles. The van der Waals surface area contributed by atoms with Gasteiger partial charge in [0.2, 0.25) is 7.83 Å². The van der Waals surface area contributed by atoms with Crippen LogP contribution in [0, 0.1) is 0 Å². The molecule has 1 aromatic rings. The average molecular weight is 236 g/mol. The van der Waals surface area contributed by atoms with Crippen molar-refractivity contribution >= 4 is 20.6 Å². The van der Waals surface area contributed by atoms with Crippen LogP contribution < -0.4 is 5.19 Å². The predicted octanol–water partition coefficient (Wildman–Crippen LogP) is 2.63. The molecule has 0 aliphatic carbocycles. The molecule has 1 rings (SSSR count). The zero-order chi connectivity index (χ0) is 11.5. The number of rotatable bonds is 4. The predicted molar refractivity (Wildman–Crippen MR) is 72.4 cm³/mol. The van der Waals surface area contributed by atoms with Crippen LogP contribution in [0.25, 0.3) is 0 Å². The van der Waals surface area contributed by atoms with E-state index in [1.807, 2.05) is 13.2 Å². The highest BCUT2D eigenvalue weighted by Crippen LogP contribution is 2.20. The second kappa shape index (κ2) is 4.47. The van der Waals surface area contributed by atoms with Crippen molar-refractivity contribution in [2.45, 2.75) is 19.6 Å². The van der Waals surface area contributed by atoms with E-state index in [9.17, 15) is 0 Å². The topological polar surface area (TPSA) is 9.23 Å². The zero-order valence-electron chi connectivity index (χ0n) is 10.1. The molecule has 1 nitrogen and oxygen atoms in total. The Kier molecular flexibility index (Phi) is 3.70. The summed E-state index contributed by atoms with van der Waals surface area (Å²) in [4.78, 5) is 0. The molecule has 0 aliphatic heterocycles. The Morgan fingerprint density at radius 1 is 1.13 bits per heavy atom. The summed E-state index contributed by atoms with van der Waals surface area (Å²) in [6.45, 7) is 11.1.